The minimum Gasteiger partial charge on any atom is -0.508 e. The van der Waals surface area contributed by atoms with E-state index in [1.807, 2.05) is 30.5 Å². The first kappa shape index (κ1) is 17.3. The fraction of sp³-hybridized carbons (Fsp3) is 0.150. The minimum atomic E-state index is -0.938. The summed E-state index contributed by atoms with van der Waals surface area (Å²) in [5.41, 5.74) is 3.75. The van der Waals surface area contributed by atoms with E-state index in [1.165, 1.54) is 6.33 Å². The molecule has 0 amide bonds. The van der Waals surface area contributed by atoms with Gasteiger partial charge in [0.1, 0.15) is 17.9 Å². The molecule has 0 radical (unpaired) electrons. The van der Waals surface area contributed by atoms with Crippen LogP contribution in [0.1, 0.15) is 16.8 Å². The average Bonchev–Trinajstić information content (AvgIpc) is 2.86. The van der Waals surface area contributed by atoms with Gasteiger partial charge in [-0.1, -0.05) is 11.6 Å². The zero-order valence-corrected chi connectivity index (χ0v) is 15.4. The maximum atomic E-state index is 11.4. The standard InChI is InChI=1S/C20H16ClN3O3/c1-10-5-15-19(16(21)6-10)22-9-23-20(15)24-11(2)13(8-18(26)27)14-7-12(25)3-4-17(14)24/h3-7,9,25H,8H2,1-2H3,(H,26,27). The Hall–Kier alpha value is -3.12. The van der Waals surface area contributed by atoms with Crippen molar-refractivity contribution in [1.82, 2.24) is 14.5 Å². The molecular formula is C20H16ClN3O3. The number of benzene rings is 2. The van der Waals surface area contributed by atoms with Gasteiger partial charge in [0.05, 0.1) is 22.5 Å². The second-order valence-electron chi connectivity index (χ2n) is 6.51. The summed E-state index contributed by atoms with van der Waals surface area (Å²) >= 11 is 6.36. The minimum absolute atomic E-state index is 0.0812. The number of halogens is 1. The number of phenols is 1. The summed E-state index contributed by atoms with van der Waals surface area (Å²) in [6, 6.07) is 8.71. The predicted molar refractivity (Wildman–Crippen MR) is 104 cm³/mol. The molecule has 0 spiro atoms. The van der Waals surface area contributed by atoms with Crippen LogP contribution in [0.2, 0.25) is 5.02 Å². The average molecular weight is 382 g/mol. The third kappa shape index (κ3) is 2.78. The number of aryl methyl sites for hydroxylation is 1. The molecule has 136 valence electrons. The Kier molecular flexibility index (Phi) is 4.00. The van der Waals surface area contributed by atoms with Crippen LogP contribution in [0, 0.1) is 13.8 Å². The third-order valence-corrected chi connectivity index (χ3v) is 4.96. The van der Waals surface area contributed by atoms with Crippen LogP contribution in [0.4, 0.5) is 0 Å². The van der Waals surface area contributed by atoms with Gasteiger partial charge < -0.3 is 10.2 Å². The van der Waals surface area contributed by atoms with Crippen LogP contribution in [0.3, 0.4) is 0 Å². The number of phenolic OH excluding ortho intramolecular Hbond substituents is 1. The van der Waals surface area contributed by atoms with Crippen LogP contribution < -0.4 is 0 Å². The number of aliphatic carboxylic acids is 1. The van der Waals surface area contributed by atoms with Gasteiger partial charge in [-0.2, -0.15) is 0 Å². The lowest BCUT2D eigenvalue weighted by molar-refractivity contribution is -0.136. The number of carboxylic acid groups (broad SMARTS) is 1. The highest BCUT2D eigenvalue weighted by Crippen LogP contribution is 2.34. The Morgan fingerprint density at radius 2 is 1.93 bits per heavy atom. The van der Waals surface area contributed by atoms with Crippen molar-refractivity contribution in [3.05, 3.63) is 58.5 Å². The van der Waals surface area contributed by atoms with Crippen molar-refractivity contribution in [3.8, 4) is 11.6 Å². The number of carboxylic acids is 1. The molecule has 0 atom stereocenters. The Morgan fingerprint density at radius 3 is 2.67 bits per heavy atom. The molecule has 0 fully saturated rings. The number of hydrogen-bond donors (Lipinski definition) is 2. The maximum Gasteiger partial charge on any atom is 0.307 e. The van der Waals surface area contributed by atoms with Crippen molar-refractivity contribution in [2.24, 2.45) is 0 Å². The van der Waals surface area contributed by atoms with Crippen LogP contribution in [-0.2, 0) is 11.2 Å². The molecule has 7 heteroatoms. The highest BCUT2D eigenvalue weighted by Gasteiger charge is 2.20. The van der Waals surface area contributed by atoms with Gasteiger partial charge in [0, 0.05) is 16.5 Å². The highest BCUT2D eigenvalue weighted by atomic mass is 35.5. The number of carbonyl (C=O) groups is 1. The topological polar surface area (TPSA) is 88.2 Å². The van der Waals surface area contributed by atoms with Crippen LogP contribution in [0.15, 0.2) is 36.7 Å². The molecule has 0 saturated carbocycles. The normalized spacial score (nSPS) is 11.4. The second-order valence-corrected chi connectivity index (χ2v) is 6.92. The maximum absolute atomic E-state index is 11.4. The van der Waals surface area contributed by atoms with E-state index < -0.39 is 5.97 Å². The molecule has 4 rings (SSSR count). The van der Waals surface area contributed by atoms with E-state index in [0.717, 1.165) is 22.2 Å². The molecule has 4 aromatic rings. The number of nitrogens with zero attached hydrogens (tertiary/aromatic N) is 3. The summed E-state index contributed by atoms with van der Waals surface area (Å²) in [7, 11) is 0. The summed E-state index contributed by atoms with van der Waals surface area (Å²) in [6.07, 6.45) is 1.29. The van der Waals surface area contributed by atoms with E-state index in [2.05, 4.69) is 9.97 Å². The van der Waals surface area contributed by atoms with Gasteiger partial charge in [-0.05, 0) is 55.3 Å². The summed E-state index contributed by atoms with van der Waals surface area (Å²) < 4.78 is 1.90. The first-order valence-electron chi connectivity index (χ1n) is 8.32. The first-order chi connectivity index (χ1) is 12.9. The Morgan fingerprint density at radius 1 is 1.15 bits per heavy atom. The number of hydrogen-bond acceptors (Lipinski definition) is 4. The van der Waals surface area contributed by atoms with Crippen LogP contribution in [0.5, 0.6) is 5.75 Å². The lowest BCUT2D eigenvalue weighted by atomic mass is 10.1. The lowest BCUT2D eigenvalue weighted by Gasteiger charge is -2.12. The van der Waals surface area contributed by atoms with Gasteiger partial charge in [-0.3, -0.25) is 9.36 Å². The highest BCUT2D eigenvalue weighted by molar-refractivity contribution is 6.35. The van der Waals surface area contributed by atoms with Crippen LogP contribution >= 0.6 is 11.6 Å². The molecule has 0 aliphatic heterocycles. The molecule has 27 heavy (non-hydrogen) atoms. The van der Waals surface area contributed by atoms with E-state index in [9.17, 15) is 15.0 Å². The second kappa shape index (κ2) is 6.25. The zero-order valence-electron chi connectivity index (χ0n) is 14.7. The van der Waals surface area contributed by atoms with Crippen LogP contribution in [-0.4, -0.2) is 30.7 Å². The van der Waals surface area contributed by atoms with Gasteiger partial charge in [0.2, 0.25) is 0 Å². The van der Waals surface area contributed by atoms with Crippen molar-refractivity contribution in [2.45, 2.75) is 20.3 Å². The quantitative estimate of drug-likeness (QED) is 0.556. The molecule has 0 bridgehead atoms. The molecular weight excluding hydrogens is 366 g/mol. The van der Waals surface area contributed by atoms with Crippen molar-refractivity contribution >= 4 is 39.4 Å². The molecule has 6 nitrogen and oxygen atoms in total. The van der Waals surface area contributed by atoms with E-state index in [-0.39, 0.29) is 12.2 Å². The summed E-state index contributed by atoms with van der Waals surface area (Å²) in [5.74, 6) is -0.236. The van der Waals surface area contributed by atoms with Crippen molar-refractivity contribution in [3.63, 3.8) is 0 Å². The summed E-state index contributed by atoms with van der Waals surface area (Å²) in [4.78, 5) is 20.1. The number of fused-ring (bicyclic) bond motifs is 2. The third-order valence-electron chi connectivity index (χ3n) is 4.67. The predicted octanol–water partition coefficient (Wildman–Crippen LogP) is 4.18. The first-order valence-corrected chi connectivity index (χ1v) is 8.70. The summed E-state index contributed by atoms with van der Waals surface area (Å²) in [6.45, 7) is 3.79. The number of aromatic nitrogens is 3. The Balaban J connectivity index is 2.13. The lowest BCUT2D eigenvalue weighted by Crippen LogP contribution is -2.05. The van der Waals surface area contributed by atoms with Gasteiger partial charge in [-0.25, -0.2) is 9.97 Å². The smallest absolute Gasteiger partial charge is 0.307 e. The molecule has 2 aromatic heterocycles. The fourth-order valence-electron chi connectivity index (χ4n) is 3.54. The monoisotopic (exact) mass is 381 g/mol. The molecule has 0 unspecified atom stereocenters. The number of rotatable bonds is 3. The van der Waals surface area contributed by atoms with Gasteiger partial charge >= 0.3 is 5.97 Å². The summed E-state index contributed by atoms with van der Waals surface area (Å²) in [5, 5.41) is 21.2. The van der Waals surface area contributed by atoms with E-state index in [4.69, 9.17) is 11.6 Å². The Labute approximate surface area is 159 Å². The molecule has 0 aliphatic rings. The van der Waals surface area contributed by atoms with E-state index in [0.29, 0.717) is 27.3 Å². The molecule has 0 aliphatic carbocycles. The van der Waals surface area contributed by atoms with E-state index >= 15 is 0 Å². The largest absolute Gasteiger partial charge is 0.508 e. The fourth-order valence-corrected chi connectivity index (χ4v) is 3.87. The molecule has 2 aromatic carbocycles. The van der Waals surface area contributed by atoms with Crippen molar-refractivity contribution < 1.29 is 15.0 Å². The van der Waals surface area contributed by atoms with Gasteiger partial charge in [-0.15, -0.1) is 0 Å². The molecule has 2 heterocycles. The molecule has 2 N–H and O–H groups in total. The van der Waals surface area contributed by atoms with E-state index in [1.54, 1.807) is 18.2 Å². The SMILES string of the molecule is Cc1cc(Cl)c2ncnc(-n3c(C)c(CC(=O)O)c4cc(O)ccc43)c2c1. The van der Waals surface area contributed by atoms with Gasteiger partial charge in [0.25, 0.3) is 0 Å². The molecule has 0 saturated heterocycles. The number of aromatic hydroxyl groups is 1. The Bertz CT molecular complexity index is 1230. The van der Waals surface area contributed by atoms with Gasteiger partial charge in [0.15, 0.2) is 0 Å². The van der Waals surface area contributed by atoms with Crippen molar-refractivity contribution in [1.29, 1.82) is 0 Å². The van der Waals surface area contributed by atoms with Crippen LogP contribution in [0.25, 0.3) is 27.6 Å². The zero-order chi connectivity index (χ0) is 19.3. The van der Waals surface area contributed by atoms with Crippen molar-refractivity contribution in [2.75, 3.05) is 0 Å².